The Kier molecular flexibility index (Phi) is 5.42. The first-order chi connectivity index (χ1) is 9.99. The third kappa shape index (κ3) is 4.32. The number of carbonyl (C=O) groups is 1. The number of nitrogens with one attached hydrogen (secondary N) is 1. The molecule has 1 N–H and O–H groups in total. The minimum Gasteiger partial charge on any atom is -0.321 e. The number of hydrogen-bond acceptors (Lipinski definition) is 4. The van der Waals surface area contributed by atoms with Crippen LogP contribution in [0.25, 0.3) is 0 Å². The Morgan fingerprint density at radius 1 is 1.33 bits per heavy atom. The molecular formula is C16H20N2OS2. The Balaban J connectivity index is 2.10. The van der Waals surface area contributed by atoms with E-state index >= 15 is 0 Å². The second-order valence-electron chi connectivity index (χ2n) is 5.30. The molecule has 1 aromatic carbocycles. The Hall–Kier alpha value is -1.33. The number of thioether (sulfide) groups is 1. The van der Waals surface area contributed by atoms with Gasteiger partial charge in [0.05, 0.1) is 10.7 Å². The predicted octanol–water partition coefficient (Wildman–Crippen LogP) is 4.62. The number of thiazole rings is 1. The van der Waals surface area contributed by atoms with Gasteiger partial charge in [0.2, 0.25) is 0 Å². The molecule has 0 bridgehead atoms. The SMILES string of the molecule is CSc1ccc(NC(=O)c2sc(CC(C)C)nc2C)cc1. The van der Waals surface area contributed by atoms with Crippen molar-refractivity contribution in [2.24, 2.45) is 5.92 Å². The number of hydrogen-bond donors (Lipinski definition) is 1. The summed E-state index contributed by atoms with van der Waals surface area (Å²) in [6.45, 7) is 6.21. The highest BCUT2D eigenvalue weighted by Crippen LogP contribution is 2.23. The fourth-order valence-corrected chi connectivity index (χ4v) is 3.54. The molecule has 2 rings (SSSR count). The van der Waals surface area contributed by atoms with Gasteiger partial charge >= 0.3 is 0 Å². The molecule has 0 unspecified atom stereocenters. The summed E-state index contributed by atoms with van der Waals surface area (Å²) in [6.07, 6.45) is 2.95. The van der Waals surface area contributed by atoms with E-state index in [1.807, 2.05) is 37.4 Å². The van der Waals surface area contributed by atoms with Crippen LogP contribution >= 0.6 is 23.1 Å². The van der Waals surface area contributed by atoms with Crippen LogP contribution in [0.4, 0.5) is 5.69 Å². The summed E-state index contributed by atoms with van der Waals surface area (Å²) in [4.78, 5) is 18.7. The fraction of sp³-hybridized carbons (Fsp3) is 0.375. The molecule has 1 aromatic heterocycles. The molecule has 0 spiro atoms. The molecule has 0 atom stereocenters. The number of carbonyl (C=O) groups excluding carboxylic acids is 1. The normalized spacial score (nSPS) is 10.9. The van der Waals surface area contributed by atoms with Crippen LogP contribution < -0.4 is 5.32 Å². The van der Waals surface area contributed by atoms with E-state index in [-0.39, 0.29) is 5.91 Å². The van der Waals surface area contributed by atoms with Crippen LogP contribution in [0.3, 0.4) is 0 Å². The van der Waals surface area contributed by atoms with E-state index in [0.29, 0.717) is 10.8 Å². The molecular weight excluding hydrogens is 300 g/mol. The van der Waals surface area contributed by atoms with Gasteiger partial charge in [0.15, 0.2) is 0 Å². The number of aryl methyl sites for hydroxylation is 1. The summed E-state index contributed by atoms with van der Waals surface area (Å²) < 4.78 is 0. The minimum absolute atomic E-state index is 0.0723. The van der Waals surface area contributed by atoms with Gasteiger partial charge in [0.1, 0.15) is 4.88 Å². The Labute approximate surface area is 134 Å². The highest BCUT2D eigenvalue weighted by Gasteiger charge is 2.16. The first kappa shape index (κ1) is 16.0. The van der Waals surface area contributed by atoms with Crippen molar-refractivity contribution < 1.29 is 4.79 Å². The largest absolute Gasteiger partial charge is 0.321 e. The highest BCUT2D eigenvalue weighted by atomic mass is 32.2. The van der Waals surface area contributed by atoms with Crippen LogP contribution in [0, 0.1) is 12.8 Å². The number of amides is 1. The maximum atomic E-state index is 12.3. The van der Waals surface area contributed by atoms with Crippen molar-refractivity contribution in [1.82, 2.24) is 4.98 Å². The Morgan fingerprint density at radius 2 is 2.00 bits per heavy atom. The average Bonchev–Trinajstić information content (AvgIpc) is 2.79. The first-order valence-corrected chi connectivity index (χ1v) is 8.95. The van der Waals surface area contributed by atoms with E-state index in [4.69, 9.17) is 0 Å². The van der Waals surface area contributed by atoms with Gasteiger partial charge in [0, 0.05) is 17.0 Å². The van der Waals surface area contributed by atoms with Crippen molar-refractivity contribution in [1.29, 1.82) is 0 Å². The quantitative estimate of drug-likeness (QED) is 0.817. The Morgan fingerprint density at radius 3 is 2.57 bits per heavy atom. The summed E-state index contributed by atoms with van der Waals surface area (Å²) in [5.74, 6) is 0.474. The lowest BCUT2D eigenvalue weighted by Gasteiger charge is -2.04. The fourth-order valence-electron chi connectivity index (χ4n) is 1.96. The smallest absolute Gasteiger partial charge is 0.267 e. The number of aromatic nitrogens is 1. The highest BCUT2D eigenvalue weighted by molar-refractivity contribution is 7.98. The zero-order valence-electron chi connectivity index (χ0n) is 12.8. The molecule has 0 saturated carbocycles. The molecule has 0 fully saturated rings. The van der Waals surface area contributed by atoms with Crippen LogP contribution in [0.5, 0.6) is 0 Å². The van der Waals surface area contributed by atoms with Gasteiger partial charge in [-0.15, -0.1) is 23.1 Å². The lowest BCUT2D eigenvalue weighted by molar-refractivity contribution is 0.103. The van der Waals surface area contributed by atoms with Crippen molar-refractivity contribution in [2.45, 2.75) is 32.1 Å². The van der Waals surface area contributed by atoms with Gasteiger partial charge in [-0.2, -0.15) is 0 Å². The van der Waals surface area contributed by atoms with Gasteiger partial charge in [-0.3, -0.25) is 4.79 Å². The third-order valence-corrected chi connectivity index (χ3v) is 4.90. The van der Waals surface area contributed by atoms with Gasteiger partial charge in [-0.1, -0.05) is 13.8 Å². The summed E-state index contributed by atoms with van der Waals surface area (Å²) in [7, 11) is 0. The van der Waals surface area contributed by atoms with Crippen LogP contribution in [0.15, 0.2) is 29.2 Å². The Bertz CT molecular complexity index is 618. The standard InChI is InChI=1S/C16H20N2OS2/c1-10(2)9-14-17-11(3)15(21-14)16(19)18-12-5-7-13(20-4)8-6-12/h5-8,10H,9H2,1-4H3,(H,18,19). The number of nitrogens with zero attached hydrogens (tertiary/aromatic N) is 1. The molecule has 1 heterocycles. The van der Waals surface area contributed by atoms with Crippen molar-refractivity contribution in [3.05, 3.63) is 39.8 Å². The van der Waals surface area contributed by atoms with Crippen LogP contribution in [-0.2, 0) is 6.42 Å². The molecule has 0 aliphatic carbocycles. The number of benzene rings is 1. The molecule has 0 saturated heterocycles. The average molecular weight is 320 g/mol. The lowest BCUT2D eigenvalue weighted by Crippen LogP contribution is -2.11. The van der Waals surface area contributed by atoms with Crippen LogP contribution in [0.2, 0.25) is 0 Å². The molecule has 0 aliphatic heterocycles. The summed E-state index contributed by atoms with van der Waals surface area (Å²) in [5, 5.41) is 3.97. The lowest BCUT2D eigenvalue weighted by atomic mass is 10.1. The number of anilines is 1. The maximum absolute atomic E-state index is 12.3. The topological polar surface area (TPSA) is 42.0 Å². The van der Waals surface area contributed by atoms with Crippen molar-refractivity contribution >= 4 is 34.7 Å². The van der Waals surface area contributed by atoms with E-state index in [1.54, 1.807) is 11.8 Å². The summed E-state index contributed by atoms with van der Waals surface area (Å²) in [5.41, 5.74) is 1.63. The predicted molar refractivity (Wildman–Crippen MR) is 91.6 cm³/mol. The van der Waals surface area contributed by atoms with Gasteiger partial charge in [-0.05, 0) is 43.4 Å². The zero-order valence-corrected chi connectivity index (χ0v) is 14.4. The molecule has 0 radical (unpaired) electrons. The van der Waals surface area contributed by atoms with Crippen molar-refractivity contribution in [3.63, 3.8) is 0 Å². The van der Waals surface area contributed by atoms with E-state index < -0.39 is 0 Å². The molecule has 112 valence electrons. The van der Waals surface area contributed by atoms with Gasteiger partial charge in [-0.25, -0.2) is 4.98 Å². The van der Waals surface area contributed by atoms with Crippen molar-refractivity contribution in [3.8, 4) is 0 Å². The van der Waals surface area contributed by atoms with E-state index in [1.165, 1.54) is 16.2 Å². The molecule has 5 heteroatoms. The molecule has 0 aliphatic rings. The van der Waals surface area contributed by atoms with Crippen LogP contribution in [0.1, 0.15) is 34.2 Å². The molecule has 3 nitrogen and oxygen atoms in total. The molecule has 2 aromatic rings. The summed E-state index contributed by atoms with van der Waals surface area (Å²) in [6, 6.07) is 7.86. The second kappa shape index (κ2) is 7.09. The van der Waals surface area contributed by atoms with E-state index in [0.717, 1.165) is 22.8 Å². The minimum atomic E-state index is -0.0723. The third-order valence-electron chi connectivity index (χ3n) is 2.98. The van der Waals surface area contributed by atoms with E-state index in [9.17, 15) is 4.79 Å². The second-order valence-corrected chi connectivity index (χ2v) is 7.27. The molecule has 21 heavy (non-hydrogen) atoms. The first-order valence-electron chi connectivity index (χ1n) is 6.91. The zero-order chi connectivity index (χ0) is 15.4. The van der Waals surface area contributed by atoms with E-state index in [2.05, 4.69) is 24.1 Å². The van der Waals surface area contributed by atoms with Gasteiger partial charge in [0.25, 0.3) is 5.91 Å². The summed E-state index contributed by atoms with van der Waals surface area (Å²) >= 11 is 3.18. The molecule has 1 amide bonds. The van der Waals surface area contributed by atoms with Gasteiger partial charge < -0.3 is 5.32 Å². The monoisotopic (exact) mass is 320 g/mol. The maximum Gasteiger partial charge on any atom is 0.267 e. The van der Waals surface area contributed by atoms with Crippen LogP contribution in [-0.4, -0.2) is 17.1 Å². The number of rotatable bonds is 5. The van der Waals surface area contributed by atoms with Crippen molar-refractivity contribution in [2.75, 3.05) is 11.6 Å².